The van der Waals surface area contributed by atoms with Crippen LogP contribution >= 0.6 is 0 Å². The first kappa shape index (κ1) is 15.9. The highest BCUT2D eigenvalue weighted by Crippen LogP contribution is 2.17. The number of nitrogens with one attached hydrogen (secondary N) is 2. The number of carbonyl (C=O) groups is 2. The molecule has 0 aromatic heterocycles. The van der Waals surface area contributed by atoms with Gasteiger partial charge in [-0.3, -0.25) is 4.79 Å². The summed E-state index contributed by atoms with van der Waals surface area (Å²) >= 11 is 0. The lowest BCUT2D eigenvalue weighted by Gasteiger charge is -2.31. The molecule has 116 valence electrons. The van der Waals surface area contributed by atoms with Crippen LogP contribution in [0.2, 0.25) is 0 Å². The highest BCUT2D eigenvalue weighted by molar-refractivity contribution is 5.79. The van der Waals surface area contributed by atoms with Gasteiger partial charge in [0.25, 0.3) is 0 Å². The molecule has 0 bridgehead atoms. The molecule has 1 aliphatic heterocycles. The molecule has 0 aliphatic carbocycles. The Hall–Kier alpha value is -2.48. The van der Waals surface area contributed by atoms with Crippen molar-refractivity contribution in [3.8, 4) is 12.3 Å². The number of piperidine rings is 1. The quantitative estimate of drug-likeness (QED) is 0.825. The number of carbonyl (C=O) groups excluding carboxylic acids is 2. The number of terminal acetylenes is 1. The molecule has 1 saturated heterocycles. The summed E-state index contributed by atoms with van der Waals surface area (Å²) in [5.74, 6) is 2.41. The van der Waals surface area contributed by atoms with Gasteiger partial charge in [0.1, 0.15) is 0 Å². The van der Waals surface area contributed by atoms with Crippen molar-refractivity contribution in [3.63, 3.8) is 0 Å². The summed E-state index contributed by atoms with van der Waals surface area (Å²) in [4.78, 5) is 25.6. The van der Waals surface area contributed by atoms with Gasteiger partial charge in [0.2, 0.25) is 5.91 Å². The van der Waals surface area contributed by atoms with Crippen molar-refractivity contribution in [1.82, 2.24) is 15.5 Å². The summed E-state index contributed by atoms with van der Waals surface area (Å²) in [7, 11) is 0. The SMILES string of the molecule is C#CCNC(=O)N1CCC(C(=O)NCc2ccccc2)CC1. The third kappa shape index (κ3) is 4.52. The lowest BCUT2D eigenvalue weighted by atomic mass is 9.96. The first-order chi connectivity index (χ1) is 10.7. The summed E-state index contributed by atoms with van der Waals surface area (Å²) in [5, 5.41) is 5.61. The normalized spacial score (nSPS) is 15.0. The number of benzene rings is 1. The van der Waals surface area contributed by atoms with Crippen molar-refractivity contribution in [1.29, 1.82) is 0 Å². The smallest absolute Gasteiger partial charge is 0.318 e. The standard InChI is InChI=1S/C17H21N3O2/c1-2-10-18-17(22)20-11-8-15(9-12-20)16(21)19-13-14-6-4-3-5-7-14/h1,3-7,15H,8-13H2,(H,18,22)(H,19,21). The van der Waals surface area contributed by atoms with Crippen LogP contribution in [0.15, 0.2) is 30.3 Å². The second-order valence-electron chi connectivity index (χ2n) is 5.33. The fourth-order valence-electron chi connectivity index (χ4n) is 2.51. The first-order valence-corrected chi connectivity index (χ1v) is 7.48. The third-order valence-electron chi connectivity index (χ3n) is 3.80. The summed E-state index contributed by atoms with van der Waals surface area (Å²) in [6.07, 6.45) is 6.48. The molecule has 0 saturated carbocycles. The Balaban J connectivity index is 1.73. The fraction of sp³-hybridized carbons (Fsp3) is 0.412. The van der Waals surface area contributed by atoms with Gasteiger partial charge in [0, 0.05) is 25.6 Å². The number of likely N-dealkylation sites (tertiary alicyclic amines) is 1. The van der Waals surface area contributed by atoms with E-state index in [1.807, 2.05) is 30.3 Å². The summed E-state index contributed by atoms with van der Waals surface area (Å²) < 4.78 is 0. The van der Waals surface area contributed by atoms with Gasteiger partial charge in [0.15, 0.2) is 0 Å². The van der Waals surface area contributed by atoms with E-state index in [0.717, 1.165) is 5.56 Å². The highest BCUT2D eigenvalue weighted by atomic mass is 16.2. The largest absolute Gasteiger partial charge is 0.352 e. The Labute approximate surface area is 131 Å². The van der Waals surface area contributed by atoms with Gasteiger partial charge >= 0.3 is 6.03 Å². The minimum atomic E-state index is -0.152. The lowest BCUT2D eigenvalue weighted by Crippen LogP contribution is -2.46. The van der Waals surface area contributed by atoms with Gasteiger partial charge in [-0.25, -0.2) is 4.79 Å². The van der Waals surface area contributed by atoms with E-state index >= 15 is 0 Å². The molecule has 3 amide bonds. The van der Waals surface area contributed by atoms with Crippen molar-refractivity contribution in [2.45, 2.75) is 19.4 Å². The maximum atomic E-state index is 12.2. The molecule has 1 aliphatic rings. The molecule has 1 aromatic carbocycles. The highest BCUT2D eigenvalue weighted by Gasteiger charge is 2.26. The van der Waals surface area contributed by atoms with Gasteiger partial charge in [0.05, 0.1) is 6.54 Å². The molecule has 22 heavy (non-hydrogen) atoms. The van der Waals surface area contributed by atoms with Crippen LogP contribution in [0.5, 0.6) is 0 Å². The Morgan fingerprint density at radius 3 is 2.50 bits per heavy atom. The van der Waals surface area contributed by atoms with Gasteiger partial charge in [-0.1, -0.05) is 36.3 Å². The molecule has 0 unspecified atom stereocenters. The molecule has 5 heteroatoms. The number of nitrogens with zero attached hydrogens (tertiary/aromatic N) is 1. The zero-order valence-electron chi connectivity index (χ0n) is 12.5. The summed E-state index contributed by atoms with van der Waals surface area (Å²) in [6, 6.07) is 9.67. The molecule has 1 heterocycles. The van der Waals surface area contributed by atoms with Crippen molar-refractivity contribution < 1.29 is 9.59 Å². The molecule has 2 rings (SSSR count). The molecule has 1 fully saturated rings. The van der Waals surface area contributed by atoms with Crippen molar-refractivity contribution in [2.24, 2.45) is 5.92 Å². The van der Waals surface area contributed by atoms with Crippen LogP contribution in [0.3, 0.4) is 0 Å². The van der Waals surface area contributed by atoms with E-state index in [2.05, 4.69) is 16.6 Å². The third-order valence-corrected chi connectivity index (χ3v) is 3.80. The van der Waals surface area contributed by atoms with E-state index in [1.165, 1.54) is 0 Å². The zero-order valence-corrected chi connectivity index (χ0v) is 12.5. The zero-order chi connectivity index (χ0) is 15.8. The van der Waals surface area contributed by atoms with E-state index < -0.39 is 0 Å². The van der Waals surface area contributed by atoms with Crippen molar-refractivity contribution in [3.05, 3.63) is 35.9 Å². The fourth-order valence-corrected chi connectivity index (χ4v) is 2.51. The van der Waals surface area contributed by atoms with E-state index in [-0.39, 0.29) is 24.4 Å². The van der Waals surface area contributed by atoms with E-state index in [0.29, 0.717) is 32.5 Å². The maximum absolute atomic E-state index is 12.2. The number of urea groups is 1. The van der Waals surface area contributed by atoms with Crippen LogP contribution in [0.1, 0.15) is 18.4 Å². The van der Waals surface area contributed by atoms with Gasteiger partial charge < -0.3 is 15.5 Å². The number of amides is 3. The predicted molar refractivity (Wildman–Crippen MR) is 84.8 cm³/mol. The molecular formula is C17H21N3O2. The Morgan fingerprint density at radius 1 is 1.18 bits per heavy atom. The van der Waals surface area contributed by atoms with E-state index in [1.54, 1.807) is 4.90 Å². The topological polar surface area (TPSA) is 61.4 Å². The van der Waals surface area contributed by atoms with Crippen LogP contribution in [0.25, 0.3) is 0 Å². The monoisotopic (exact) mass is 299 g/mol. The minimum absolute atomic E-state index is 0.0274. The predicted octanol–water partition coefficient (Wildman–Crippen LogP) is 1.36. The molecule has 0 radical (unpaired) electrons. The minimum Gasteiger partial charge on any atom is -0.352 e. The first-order valence-electron chi connectivity index (χ1n) is 7.48. The Morgan fingerprint density at radius 2 is 1.86 bits per heavy atom. The molecular weight excluding hydrogens is 278 g/mol. The molecule has 1 aromatic rings. The molecule has 0 atom stereocenters. The van der Waals surface area contributed by atoms with Crippen LogP contribution in [0, 0.1) is 18.3 Å². The van der Waals surface area contributed by atoms with Gasteiger partial charge in [-0.2, -0.15) is 0 Å². The van der Waals surface area contributed by atoms with Crippen molar-refractivity contribution in [2.75, 3.05) is 19.6 Å². The number of hydrogen-bond acceptors (Lipinski definition) is 2. The average molecular weight is 299 g/mol. The second-order valence-corrected chi connectivity index (χ2v) is 5.33. The summed E-state index contributed by atoms with van der Waals surface area (Å²) in [6.45, 7) is 1.94. The van der Waals surface area contributed by atoms with Gasteiger partial charge in [-0.05, 0) is 18.4 Å². The lowest BCUT2D eigenvalue weighted by molar-refractivity contribution is -0.126. The van der Waals surface area contributed by atoms with Crippen LogP contribution in [-0.2, 0) is 11.3 Å². The maximum Gasteiger partial charge on any atom is 0.318 e. The van der Waals surface area contributed by atoms with Crippen molar-refractivity contribution >= 4 is 11.9 Å². The number of rotatable bonds is 4. The van der Waals surface area contributed by atoms with E-state index in [4.69, 9.17) is 6.42 Å². The molecule has 2 N–H and O–H groups in total. The van der Waals surface area contributed by atoms with E-state index in [9.17, 15) is 9.59 Å². The number of hydrogen-bond donors (Lipinski definition) is 2. The Bertz CT molecular complexity index is 543. The second kappa shape index (κ2) is 8.08. The van der Waals surface area contributed by atoms with Crippen LogP contribution in [0.4, 0.5) is 4.79 Å². The molecule has 5 nitrogen and oxygen atoms in total. The Kier molecular flexibility index (Phi) is 5.84. The molecule has 0 spiro atoms. The average Bonchev–Trinajstić information content (AvgIpc) is 2.58. The summed E-state index contributed by atoms with van der Waals surface area (Å²) in [5.41, 5.74) is 1.09. The van der Waals surface area contributed by atoms with Gasteiger partial charge in [-0.15, -0.1) is 6.42 Å². The van der Waals surface area contributed by atoms with Crippen LogP contribution in [-0.4, -0.2) is 36.5 Å². The van der Waals surface area contributed by atoms with Crippen LogP contribution < -0.4 is 10.6 Å².